The number of aromatic nitrogens is 3. The van der Waals surface area contributed by atoms with Gasteiger partial charge in [0, 0.05) is 18.7 Å². The second-order valence-electron chi connectivity index (χ2n) is 6.44. The minimum absolute atomic E-state index is 0.0287. The maximum atomic E-state index is 13.1. The quantitative estimate of drug-likeness (QED) is 0.760. The molecule has 132 valence electrons. The van der Waals surface area contributed by atoms with Crippen molar-refractivity contribution in [2.75, 3.05) is 18.4 Å². The Kier molecular flexibility index (Phi) is 4.35. The minimum atomic E-state index is -0.257. The zero-order chi connectivity index (χ0) is 17.9. The number of nitrogens with one attached hydrogen (secondary N) is 2. The molecule has 1 saturated heterocycles. The van der Waals surface area contributed by atoms with Gasteiger partial charge in [-0.1, -0.05) is 36.4 Å². The van der Waals surface area contributed by atoms with E-state index in [1.54, 1.807) is 4.90 Å². The molecule has 2 heterocycles. The molecule has 7 heteroatoms. The van der Waals surface area contributed by atoms with E-state index in [9.17, 15) is 9.59 Å². The largest absolute Gasteiger partial charge is 0.338 e. The molecule has 2 aromatic carbocycles. The molecule has 0 saturated carbocycles. The number of likely N-dealkylation sites (tertiary alicyclic amines) is 1. The number of carbonyl (C=O) groups excluding carboxylic acids is 2. The Labute approximate surface area is 150 Å². The van der Waals surface area contributed by atoms with Crippen molar-refractivity contribution in [3.63, 3.8) is 0 Å². The van der Waals surface area contributed by atoms with Crippen LogP contribution in [0, 0.1) is 5.92 Å². The molecular formula is C19H19N5O2. The van der Waals surface area contributed by atoms with Crippen LogP contribution in [0.2, 0.25) is 0 Å². The molecule has 3 aromatic rings. The predicted molar refractivity (Wildman–Crippen MR) is 97.6 cm³/mol. The molecular weight excluding hydrogens is 330 g/mol. The third-order valence-corrected chi connectivity index (χ3v) is 4.76. The third-order valence-electron chi connectivity index (χ3n) is 4.76. The highest BCUT2D eigenvalue weighted by Gasteiger charge is 2.29. The highest BCUT2D eigenvalue weighted by Crippen LogP contribution is 2.24. The number of carbonyl (C=O) groups is 2. The van der Waals surface area contributed by atoms with Crippen LogP contribution in [0.5, 0.6) is 0 Å². The molecule has 0 bridgehead atoms. The first-order valence-corrected chi connectivity index (χ1v) is 8.65. The van der Waals surface area contributed by atoms with Crippen LogP contribution < -0.4 is 5.32 Å². The molecule has 0 unspecified atom stereocenters. The number of anilines is 1. The zero-order valence-corrected chi connectivity index (χ0v) is 14.2. The van der Waals surface area contributed by atoms with Crippen molar-refractivity contribution in [2.45, 2.75) is 12.8 Å². The number of benzene rings is 2. The normalized spacial score (nSPS) is 17.2. The van der Waals surface area contributed by atoms with Crippen LogP contribution in [0.25, 0.3) is 10.8 Å². The van der Waals surface area contributed by atoms with E-state index in [0.29, 0.717) is 24.6 Å². The van der Waals surface area contributed by atoms with E-state index in [2.05, 4.69) is 20.5 Å². The summed E-state index contributed by atoms with van der Waals surface area (Å²) in [5.41, 5.74) is 0.680. The number of hydrogen-bond acceptors (Lipinski definition) is 4. The average molecular weight is 349 g/mol. The van der Waals surface area contributed by atoms with Gasteiger partial charge in [-0.15, -0.1) is 0 Å². The molecule has 0 aliphatic carbocycles. The second-order valence-corrected chi connectivity index (χ2v) is 6.44. The van der Waals surface area contributed by atoms with Crippen LogP contribution in [0.4, 0.5) is 5.95 Å². The first-order chi connectivity index (χ1) is 12.7. The van der Waals surface area contributed by atoms with E-state index in [0.717, 1.165) is 23.6 Å². The van der Waals surface area contributed by atoms with E-state index >= 15 is 0 Å². The number of hydrogen-bond donors (Lipinski definition) is 2. The van der Waals surface area contributed by atoms with Crippen molar-refractivity contribution in [1.82, 2.24) is 20.1 Å². The lowest BCUT2D eigenvalue weighted by atomic mass is 9.95. The summed E-state index contributed by atoms with van der Waals surface area (Å²) < 4.78 is 0. The van der Waals surface area contributed by atoms with Crippen molar-refractivity contribution in [2.24, 2.45) is 5.92 Å². The maximum Gasteiger partial charge on any atom is 0.254 e. The maximum absolute atomic E-state index is 13.1. The summed E-state index contributed by atoms with van der Waals surface area (Å²) in [6.07, 6.45) is 2.89. The fourth-order valence-electron chi connectivity index (χ4n) is 3.44. The van der Waals surface area contributed by atoms with Crippen molar-refractivity contribution in [3.05, 3.63) is 54.4 Å². The van der Waals surface area contributed by atoms with Crippen molar-refractivity contribution >= 4 is 28.5 Å². The van der Waals surface area contributed by atoms with Gasteiger partial charge in [0.15, 0.2) is 0 Å². The van der Waals surface area contributed by atoms with E-state index < -0.39 is 0 Å². The van der Waals surface area contributed by atoms with Crippen LogP contribution in [0.15, 0.2) is 48.8 Å². The van der Waals surface area contributed by atoms with Crippen LogP contribution in [-0.2, 0) is 4.79 Å². The molecule has 0 radical (unpaired) electrons. The highest BCUT2D eigenvalue weighted by atomic mass is 16.2. The Bertz CT molecular complexity index is 933. The van der Waals surface area contributed by atoms with Crippen LogP contribution in [0.3, 0.4) is 0 Å². The molecule has 26 heavy (non-hydrogen) atoms. The van der Waals surface area contributed by atoms with Crippen molar-refractivity contribution in [3.8, 4) is 0 Å². The summed E-state index contributed by atoms with van der Waals surface area (Å²) in [6, 6.07) is 13.6. The number of fused-ring (bicyclic) bond motifs is 1. The van der Waals surface area contributed by atoms with E-state index in [4.69, 9.17) is 0 Å². The summed E-state index contributed by atoms with van der Waals surface area (Å²) >= 11 is 0. The zero-order valence-electron chi connectivity index (χ0n) is 14.2. The third kappa shape index (κ3) is 3.15. The Balaban J connectivity index is 1.52. The predicted octanol–water partition coefficient (Wildman–Crippen LogP) is 2.45. The van der Waals surface area contributed by atoms with Crippen molar-refractivity contribution in [1.29, 1.82) is 0 Å². The minimum Gasteiger partial charge on any atom is -0.338 e. The number of amides is 2. The van der Waals surface area contributed by atoms with Gasteiger partial charge in [0.2, 0.25) is 11.9 Å². The van der Waals surface area contributed by atoms with Gasteiger partial charge >= 0.3 is 0 Å². The van der Waals surface area contributed by atoms with E-state index in [-0.39, 0.29) is 17.7 Å². The van der Waals surface area contributed by atoms with Gasteiger partial charge in [-0.3, -0.25) is 14.9 Å². The Morgan fingerprint density at radius 1 is 1.15 bits per heavy atom. The van der Waals surface area contributed by atoms with Gasteiger partial charge in [-0.05, 0) is 29.7 Å². The highest BCUT2D eigenvalue weighted by molar-refractivity contribution is 6.07. The summed E-state index contributed by atoms with van der Waals surface area (Å²) in [4.78, 5) is 31.2. The summed E-state index contributed by atoms with van der Waals surface area (Å²) in [6.45, 7) is 1.07. The molecule has 1 aromatic heterocycles. The molecule has 1 aliphatic heterocycles. The molecule has 2 N–H and O–H groups in total. The van der Waals surface area contributed by atoms with Crippen LogP contribution >= 0.6 is 0 Å². The van der Waals surface area contributed by atoms with Gasteiger partial charge in [0.1, 0.15) is 6.33 Å². The van der Waals surface area contributed by atoms with Gasteiger partial charge in [-0.25, -0.2) is 5.10 Å². The number of piperidine rings is 1. The number of aromatic amines is 1. The Morgan fingerprint density at radius 3 is 2.85 bits per heavy atom. The SMILES string of the molecule is O=C(Nc1ncn[nH]1)[C@H]1CCCN(C(=O)c2cccc3ccccc23)C1. The first kappa shape index (κ1) is 16.3. The standard InChI is InChI=1S/C19H19N5O2/c25-17(22-19-20-12-21-23-19)14-7-4-10-24(11-14)18(26)16-9-3-6-13-5-1-2-8-15(13)16/h1-3,5-6,8-9,12,14H,4,7,10-11H2,(H2,20,21,22,23,25)/t14-/m0/s1. The fraction of sp³-hybridized carbons (Fsp3) is 0.263. The lowest BCUT2D eigenvalue weighted by molar-refractivity contribution is -0.121. The average Bonchev–Trinajstić information content (AvgIpc) is 3.20. The number of H-pyrrole nitrogens is 1. The van der Waals surface area contributed by atoms with Gasteiger partial charge in [-0.2, -0.15) is 10.1 Å². The lowest BCUT2D eigenvalue weighted by Crippen LogP contribution is -2.43. The monoisotopic (exact) mass is 349 g/mol. The van der Waals surface area contributed by atoms with Crippen LogP contribution in [-0.4, -0.2) is 45.0 Å². The number of rotatable bonds is 3. The van der Waals surface area contributed by atoms with Crippen LogP contribution in [0.1, 0.15) is 23.2 Å². The van der Waals surface area contributed by atoms with Gasteiger partial charge in [0.05, 0.1) is 5.92 Å². The first-order valence-electron chi connectivity index (χ1n) is 8.65. The van der Waals surface area contributed by atoms with E-state index in [1.807, 2.05) is 42.5 Å². The molecule has 1 atom stereocenters. The summed E-state index contributed by atoms with van der Waals surface area (Å²) in [7, 11) is 0. The summed E-state index contributed by atoms with van der Waals surface area (Å²) in [5.74, 6) is -0.101. The molecule has 0 spiro atoms. The Hall–Kier alpha value is -3.22. The fourth-order valence-corrected chi connectivity index (χ4v) is 3.44. The van der Waals surface area contributed by atoms with Crippen molar-refractivity contribution < 1.29 is 9.59 Å². The topological polar surface area (TPSA) is 91.0 Å². The van der Waals surface area contributed by atoms with Gasteiger partial charge in [0.25, 0.3) is 5.91 Å². The summed E-state index contributed by atoms with van der Waals surface area (Å²) in [5, 5.41) is 11.0. The molecule has 1 aliphatic rings. The van der Waals surface area contributed by atoms with Gasteiger partial charge < -0.3 is 4.90 Å². The second kappa shape index (κ2) is 6.95. The number of nitrogens with zero attached hydrogens (tertiary/aromatic N) is 3. The molecule has 7 nitrogen and oxygen atoms in total. The lowest BCUT2D eigenvalue weighted by Gasteiger charge is -2.32. The Morgan fingerprint density at radius 2 is 2.00 bits per heavy atom. The smallest absolute Gasteiger partial charge is 0.254 e. The molecule has 2 amide bonds. The molecule has 1 fully saturated rings. The van der Waals surface area contributed by atoms with E-state index in [1.165, 1.54) is 6.33 Å². The molecule has 4 rings (SSSR count).